The number of esters is 1. The van der Waals surface area contributed by atoms with Crippen LogP contribution < -0.4 is 5.32 Å². The Morgan fingerprint density at radius 1 is 1.00 bits per heavy atom. The monoisotopic (exact) mass is 435 g/mol. The fourth-order valence-corrected chi connectivity index (χ4v) is 2.76. The Morgan fingerprint density at radius 3 is 2.27 bits per heavy atom. The van der Waals surface area contributed by atoms with E-state index in [4.69, 9.17) is 4.74 Å². The minimum Gasteiger partial charge on any atom is -0.456 e. The van der Waals surface area contributed by atoms with Gasteiger partial charge in [0.1, 0.15) is 0 Å². The maximum atomic E-state index is 12.0. The van der Waals surface area contributed by atoms with Crippen molar-refractivity contribution in [1.82, 2.24) is 0 Å². The normalized spacial score (nSPS) is 10.2. The lowest BCUT2D eigenvalue weighted by atomic mass is 10.1. The molecule has 1 N–H and O–H groups in total. The molecule has 0 bridgehead atoms. The maximum Gasteiger partial charge on any atom is 0.306 e. The topological polar surface area (TPSA) is 72.5 Å². The van der Waals surface area contributed by atoms with Gasteiger partial charge in [-0.15, -0.1) is 11.8 Å². The second-order valence-electron chi connectivity index (χ2n) is 5.37. The first-order chi connectivity index (χ1) is 12.5. The van der Waals surface area contributed by atoms with E-state index in [9.17, 15) is 14.4 Å². The highest BCUT2D eigenvalue weighted by atomic mass is 79.9. The third kappa shape index (κ3) is 6.65. The number of nitrogens with one attached hydrogen (secondary N) is 1. The van der Waals surface area contributed by atoms with Gasteiger partial charge < -0.3 is 10.1 Å². The van der Waals surface area contributed by atoms with Gasteiger partial charge in [-0.1, -0.05) is 28.1 Å². The van der Waals surface area contributed by atoms with Crippen LogP contribution in [0.25, 0.3) is 0 Å². The Kier molecular flexibility index (Phi) is 7.87. The van der Waals surface area contributed by atoms with E-state index < -0.39 is 11.9 Å². The van der Waals surface area contributed by atoms with E-state index in [1.807, 2.05) is 18.4 Å². The SMILES string of the molecule is CSc1ccc(NC(=O)COC(=O)CCC(=O)c2ccc(Br)cc2)cc1. The summed E-state index contributed by atoms with van der Waals surface area (Å²) < 4.78 is 5.79. The Morgan fingerprint density at radius 2 is 1.65 bits per heavy atom. The Bertz CT molecular complexity index is 775. The average Bonchev–Trinajstić information content (AvgIpc) is 2.65. The highest BCUT2D eigenvalue weighted by Gasteiger charge is 2.12. The fourth-order valence-electron chi connectivity index (χ4n) is 2.09. The van der Waals surface area contributed by atoms with E-state index in [1.165, 1.54) is 0 Å². The molecular weight excluding hydrogens is 418 g/mol. The molecule has 2 aromatic carbocycles. The maximum absolute atomic E-state index is 12.0. The number of ketones is 1. The molecule has 0 unspecified atom stereocenters. The molecule has 0 aliphatic heterocycles. The third-order valence-electron chi connectivity index (χ3n) is 3.46. The molecule has 0 heterocycles. The van der Waals surface area contributed by atoms with Gasteiger partial charge in [0.25, 0.3) is 5.91 Å². The standard InChI is InChI=1S/C19H18BrNO4S/c1-26-16-8-6-15(7-9-16)21-18(23)12-25-19(24)11-10-17(22)13-2-4-14(20)5-3-13/h2-9H,10-12H2,1H3,(H,21,23). The van der Waals surface area contributed by atoms with Crippen LogP contribution in [-0.2, 0) is 14.3 Å². The fraction of sp³-hybridized carbons (Fsp3) is 0.211. The van der Waals surface area contributed by atoms with E-state index in [0.29, 0.717) is 11.3 Å². The Hall–Kier alpha value is -2.12. The summed E-state index contributed by atoms with van der Waals surface area (Å²) in [5.41, 5.74) is 1.17. The average molecular weight is 436 g/mol. The summed E-state index contributed by atoms with van der Waals surface area (Å²) in [6.07, 6.45) is 1.94. The van der Waals surface area contributed by atoms with Crippen molar-refractivity contribution in [2.24, 2.45) is 0 Å². The molecule has 136 valence electrons. The molecule has 1 amide bonds. The van der Waals surface area contributed by atoms with Crippen LogP contribution in [0.4, 0.5) is 5.69 Å². The molecule has 26 heavy (non-hydrogen) atoms. The summed E-state index contributed by atoms with van der Waals surface area (Å²) in [4.78, 5) is 36.6. The number of hydrogen-bond acceptors (Lipinski definition) is 5. The van der Waals surface area contributed by atoms with Crippen LogP contribution in [0.3, 0.4) is 0 Å². The van der Waals surface area contributed by atoms with Gasteiger partial charge in [0, 0.05) is 27.0 Å². The van der Waals surface area contributed by atoms with Crippen molar-refractivity contribution in [1.29, 1.82) is 0 Å². The molecule has 0 radical (unpaired) electrons. The quantitative estimate of drug-likeness (QED) is 0.379. The molecule has 0 atom stereocenters. The van der Waals surface area contributed by atoms with E-state index in [0.717, 1.165) is 9.37 Å². The zero-order valence-electron chi connectivity index (χ0n) is 14.2. The minimum absolute atomic E-state index is 0.0399. The van der Waals surface area contributed by atoms with Crippen LogP contribution in [0.2, 0.25) is 0 Å². The van der Waals surface area contributed by atoms with Crippen LogP contribution in [0.5, 0.6) is 0 Å². The van der Waals surface area contributed by atoms with Crippen LogP contribution in [0.1, 0.15) is 23.2 Å². The number of rotatable bonds is 8. The van der Waals surface area contributed by atoms with Gasteiger partial charge in [-0.05, 0) is 42.7 Å². The molecular formula is C19H18BrNO4S. The molecule has 5 nitrogen and oxygen atoms in total. The number of carbonyl (C=O) groups excluding carboxylic acids is 3. The summed E-state index contributed by atoms with van der Waals surface area (Å²) in [6, 6.07) is 14.2. The predicted octanol–water partition coefficient (Wildman–Crippen LogP) is 4.32. The minimum atomic E-state index is -0.580. The van der Waals surface area contributed by atoms with Gasteiger partial charge in [-0.25, -0.2) is 0 Å². The number of carbonyl (C=O) groups is 3. The van der Waals surface area contributed by atoms with Gasteiger partial charge in [0.05, 0.1) is 6.42 Å². The van der Waals surface area contributed by atoms with Gasteiger partial charge >= 0.3 is 5.97 Å². The second-order valence-corrected chi connectivity index (χ2v) is 7.16. The Balaban J connectivity index is 1.71. The molecule has 0 aliphatic carbocycles. The van der Waals surface area contributed by atoms with Crippen LogP contribution in [0, 0.1) is 0 Å². The number of Topliss-reactive ketones (excluding diaryl/α,β-unsaturated/α-hetero) is 1. The van der Waals surface area contributed by atoms with Gasteiger partial charge in [0.15, 0.2) is 12.4 Å². The smallest absolute Gasteiger partial charge is 0.306 e. The first kappa shape index (κ1) is 20.2. The van der Waals surface area contributed by atoms with Crippen LogP contribution in [-0.4, -0.2) is 30.5 Å². The molecule has 0 saturated heterocycles. The lowest BCUT2D eigenvalue weighted by Gasteiger charge is -2.07. The number of hydrogen-bond donors (Lipinski definition) is 1. The van der Waals surface area contributed by atoms with Gasteiger partial charge in [-0.3, -0.25) is 14.4 Å². The number of ether oxygens (including phenoxy) is 1. The summed E-state index contributed by atoms with van der Waals surface area (Å²) in [6.45, 7) is -0.379. The predicted molar refractivity (Wildman–Crippen MR) is 106 cm³/mol. The summed E-state index contributed by atoms with van der Waals surface area (Å²) >= 11 is 4.90. The van der Waals surface area contributed by atoms with Crippen molar-refractivity contribution < 1.29 is 19.1 Å². The van der Waals surface area contributed by atoms with Crippen molar-refractivity contribution in [2.45, 2.75) is 17.7 Å². The molecule has 0 fully saturated rings. The first-order valence-electron chi connectivity index (χ1n) is 7.86. The van der Waals surface area contributed by atoms with E-state index in [2.05, 4.69) is 21.2 Å². The zero-order chi connectivity index (χ0) is 18.9. The Labute approximate surface area is 164 Å². The largest absolute Gasteiger partial charge is 0.456 e. The molecule has 0 spiro atoms. The van der Waals surface area contributed by atoms with Crippen molar-refractivity contribution in [3.05, 3.63) is 58.6 Å². The number of halogens is 1. The van der Waals surface area contributed by atoms with Crippen LogP contribution >= 0.6 is 27.7 Å². The number of thioether (sulfide) groups is 1. The number of anilines is 1. The molecule has 2 rings (SSSR count). The number of amides is 1. The van der Waals surface area contributed by atoms with Crippen molar-refractivity contribution >= 4 is 51.0 Å². The lowest BCUT2D eigenvalue weighted by molar-refractivity contribution is -0.147. The highest BCUT2D eigenvalue weighted by Crippen LogP contribution is 2.17. The summed E-state index contributed by atoms with van der Waals surface area (Å²) in [7, 11) is 0. The van der Waals surface area contributed by atoms with Crippen molar-refractivity contribution in [3.63, 3.8) is 0 Å². The third-order valence-corrected chi connectivity index (χ3v) is 4.73. The van der Waals surface area contributed by atoms with E-state index >= 15 is 0 Å². The summed E-state index contributed by atoms with van der Waals surface area (Å²) in [5.74, 6) is -1.15. The second kappa shape index (κ2) is 10.1. The molecule has 7 heteroatoms. The van der Waals surface area contributed by atoms with Gasteiger partial charge in [0.2, 0.25) is 0 Å². The molecule has 0 aliphatic rings. The van der Waals surface area contributed by atoms with Crippen LogP contribution in [0.15, 0.2) is 57.9 Å². The molecule has 2 aromatic rings. The summed E-state index contributed by atoms with van der Waals surface area (Å²) in [5, 5.41) is 2.65. The lowest BCUT2D eigenvalue weighted by Crippen LogP contribution is -2.21. The molecule has 0 aromatic heterocycles. The van der Waals surface area contributed by atoms with Crippen molar-refractivity contribution in [2.75, 3.05) is 18.2 Å². The van der Waals surface area contributed by atoms with Gasteiger partial charge in [-0.2, -0.15) is 0 Å². The zero-order valence-corrected chi connectivity index (χ0v) is 16.6. The first-order valence-corrected chi connectivity index (χ1v) is 9.88. The molecule has 0 saturated carbocycles. The van der Waals surface area contributed by atoms with Crippen molar-refractivity contribution in [3.8, 4) is 0 Å². The van der Waals surface area contributed by atoms with E-state index in [1.54, 1.807) is 48.2 Å². The number of benzene rings is 2. The highest BCUT2D eigenvalue weighted by molar-refractivity contribution is 9.10. The van der Waals surface area contributed by atoms with E-state index in [-0.39, 0.29) is 25.2 Å².